The van der Waals surface area contributed by atoms with E-state index in [1.54, 1.807) is 13.8 Å². The molecule has 1 aromatic heterocycles. The first-order chi connectivity index (χ1) is 9.28. The smallest absolute Gasteiger partial charge is 0.351 e. The third-order valence-electron chi connectivity index (χ3n) is 3.47. The van der Waals surface area contributed by atoms with Gasteiger partial charge in [0.1, 0.15) is 12.2 Å². The Hall–Kier alpha value is -1.51. The van der Waals surface area contributed by atoms with Crippen molar-refractivity contribution in [1.29, 1.82) is 0 Å². The van der Waals surface area contributed by atoms with Gasteiger partial charge in [-0.25, -0.2) is 9.18 Å². The first-order valence-corrected chi connectivity index (χ1v) is 6.34. The van der Waals surface area contributed by atoms with Gasteiger partial charge in [-0.15, -0.1) is 0 Å². The van der Waals surface area contributed by atoms with Crippen LogP contribution >= 0.6 is 0 Å². The predicted octanol–water partition coefficient (Wildman–Crippen LogP) is 0.402. The van der Waals surface area contributed by atoms with Crippen LogP contribution in [0.25, 0.3) is 0 Å². The van der Waals surface area contributed by atoms with Gasteiger partial charge in [0.25, 0.3) is 0 Å². The third-order valence-corrected chi connectivity index (χ3v) is 3.47. The van der Waals surface area contributed by atoms with Gasteiger partial charge in [0.2, 0.25) is 0 Å². The predicted molar refractivity (Wildman–Crippen MR) is 66.3 cm³/mol. The molecule has 0 amide bonds. The molecular weight excluding hydrogens is 269 g/mol. The van der Waals surface area contributed by atoms with E-state index in [9.17, 15) is 9.18 Å². The second kappa shape index (κ2) is 4.24. The van der Waals surface area contributed by atoms with Gasteiger partial charge < -0.3 is 19.9 Å². The highest BCUT2D eigenvalue weighted by molar-refractivity contribution is 5.26. The van der Waals surface area contributed by atoms with E-state index in [4.69, 9.17) is 19.9 Å². The average molecular weight is 285 g/mol. The van der Waals surface area contributed by atoms with Crippen molar-refractivity contribution in [3.63, 3.8) is 0 Å². The summed E-state index contributed by atoms with van der Waals surface area (Å²) in [6.07, 6.45) is -0.893. The number of fused-ring (bicyclic) bond motifs is 1. The van der Waals surface area contributed by atoms with Crippen LogP contribution in [0.5, 0.6) is 0 Å². The SMILES string of the molecule is CC1O[C@@H](n2cc(F)c(N)nc2=O)C2OC(C)(C)OC12. The molecule has 8 heteroatoms. The lowest BCUT2D eigenvalue weighted by Crippen LogP contribution is -2.35. The molecule has 0 saturated carbocycles. The monoisotopic (exact) mass is 285 g/mol. The number of ether oxygens (including phenoxy) is 3. The van der Waals surface area contributed by atoms with Crippen LogP contribution in [0.2, 0.25) is 0 Å². The summed E-state index contributed by atoms with van der Waals surface area (Å²) in [5, 5.41) is 0. The van der Waals surface area contributed by atoms with Crippen molar-refractivity contribution in [3.8, 4) is 0 Å². The second-order valence-electron chi connectivity index (χ2n) is 5.46. The molecule has 7 nitrogen and oxygen atoms in total. The molecule has 2 fully saturated rings. The Morgan fingerprint density at radius 1 is 1.40 bits per heavy atom. The van der Waals surface area contributed by atoms with E-state index in [0.717, 1.165) is 10.8 Å². The molecule has 2 aliphatic rings. The molecule has 20 heavy (non-hydrogen) atoms. The van der Waals surface area contributed by atoms with Crippen LogP contribution in [0.15, 0.2) is 11.0 Å². The number of nitrogens with zero attached hydrogens (tertiary/aromatic N) is 2. The zero-order valence-electron chi connectivity index (χ0n) is 11.4. The van der Waals surface area contributed by atoms with Gasteiger partial charge in [-0.2, -0.15) is 4.98 Å². The molecule has 3 unspecified atom stereocenters. The number of hydrogen-bond donors (Lipinski definition) is 1. The Balaban J connectivity index is 1.99. The summed E-state index contributed by atoms with van der Waals surface area (Å²) in [7, 11) is 0. The number of halogens is 1. The van der Waals surface area contributed by atoms with Crippen molar-refractivity contribution in [2.24, 2.45) is 0 Å². The molecule has 0 spiro atoms. The minimum Gasteiger partial charge on any atom is -0.381 e. The van der Waals surface area contributed by atoms with Crippen LogP contribution in [0, 0.1) is 5.82 Å². The maximum Gasteiger partial charge on any atom is 0.351 e. The van der Waals surface area contributed by atoms with E-state index < -0.39 is 35.4 Å². The van der Waals surface area contributed by atoms with Crippen LogP contribution in [0.4, 0.5) is 10.2 Å². The summed E-state index contributed by atoms with van der Waals surface area (Å²) in [6, 6.07) is 0. The molecule has 0 aliphatic carbocycles. The number of nitrogens with two attached hydrogens (primary N) is 1. The van der Waals surface area contributed by atoms with Crippen molar-refractivity contribution in [3.05, 3.63) is 22.5 Å². The van der Waals surface area contributed by atoms with Crippen molar-refractivity contribution in [1.82, 2.24) is 9.55 Å². The van der Waals surface area contributed by atoms with E-state index in [1.807, 2.05) is 6.92 Å². The number of anilines is 1. The summed E-state index contributed by atoms with van der Waals surface area (Å²) in [5.74, 6) is -1.98. The van der Waals surface area contributed by atoms with E-state index in [1.165, 1.54) is 0 Å². The average Bonchev–Trinajstić information content (AvgIpc) is 2.80. The fourth-order valence-electron chi connectivity index (χ4n) is 2.64. The molecular formula is C12H16FN3O4. The zero-order valence-corrected chi connectivity index (χ0v) is 11.4. The molecule has 0 aromatic carbocycles. The number of rotatable bonds is 1. The Kier molecular flexibility index (Phi) is 2.86. The molecule has 2 aliphatic heterocycles. The van der Waals surface area contributed by atoms with Gasteiger partial charge in [-0.1, -0.05) is 0 Å². The van der Waals surface area contributed by atoms with E-state index in [-0.39, 0.29) is 12.2 Å². The van der Waals surface area contributed by atoms with Crippen LogP contribution in [0.1, 0.15) is 27.0 Å². The summed E-state index contributed by atoms with van der Waals surface area (Å²) >= 11 is 0. The summed E-state index contributed by atoms with van der Waals surface area (Å²) in [6.45, 7) is 5.37. The minimum atomic E-state index is -0.785. The topological polar surface area (TPSA) is 88.6 Å². The highest BCUT2D eigenvalue weighted by Crippen LogP contribution is 2.42. The molecule has 3 heterocycles. The van der Waals surface area contributed by atoms with Crippen LogP contribution in [-0.4, -0.2) is 33.7 Å². The highest BCUT2D eigenvalue weighted by Gasteiger charge is 2.54. The largest absolute Gasteiger partial charge is 0.381 e. The molecule has 0 bridgehead atoms. The first-order valence-electron chi connectivity index (χ1n) is 6.34. The summed E-state index contributed by atoms with van der Waals surface area (Å²) in [4.78, 5) is 15.3. The number of hydrogen-bond acceptors (Lipinski definition) is 6. The Bertz CT molecular complexity index is 603. The lowest BCUT2D eigenvalue weighted by atomic mass is 10.1. The van der Waals surface area contributed by atoms with Crippen LogP contribution in [-0.2, 0) is 14.2 Å². The molecule has 2 saturated heterocycles. The maximum atomic E-state index is 13.5. The van der Waals surface area contributed by atoms with Crippen molar-refractivity contribution in [2.45, 2.75) is 51.1 Å². The molecule has 3 rings (SSSR count). The highest BCUT2D eigenvalue weighted by atomic mass is 19.1. The standard InChI is InChI=1S/C12H16FN3O4/c1-5-7-8(20-12(2,3)19-7)10(18-5)16-4-6(13)9(14)15-11(16)17/h4-5,7-8,10H,1-3H3,(H2,14,15,17)/t5?,7?,8?,10-/m1/s1. The fraction of sp³-hybridized carbons (Fsp3) is 0.667. The summed E-state index contributed by atoms with van der Waals surface area (Å²) in [5.41, 5.74) is 4.58. The Morgan fingerprint density at radius 3 is 2.75 bits per heavy atom. The van der Waals surface area contributed by atoms with Gasteiger partial charge in [0, 0.05) is 0 Å². The lowest BCUT2D eigenvalue weighted by molar-refractivity contribution is -0.195. The van der Waals surface area contributed by atoms with E-state index in [0.29, 0.717) is 0 Å². The Labute approximate surface area is 114 Å². The normalized spacial score (nSPS) is 35.2. The van der Waals surface area contributed by atoms with Crippen LogP contribution in [0.3, 0.4) is 0 Å². The van der Waals surface area contributed by atoms with Gasteiger partial charge in [0.15, 0.2) is 23.7 Å². The minimum absolute atomic E-state index is 0.278. The van der Waals surface area contributed by atoms with Crippen molar-refractivity contribution >= 4 is 5.82 Å². The maximum absolute atomic E-state index is 13.5. The fourth-order valence-corrected chi connectivity index (χ4v) is 2.64. The van der Waals surface area contributed by atoms with Crippen molar-refractivity contribution in [2.75, 3.05) is 5.73 Å². The second-order valence-corrected chi connectivity index (χ2v) is 5.46. The van der Waals surface area contributed by atoms with Crippen molar-refractivity contribution < 1.29 is 18.6 Å². The Morgan fingerprint density at radius 2 is 2.05 bits per heavy atom. The van der Waals surface area contributed by atoms with Gasteiger partial charge in [0.05, 0.1) is 12.3 Å². The lowest BCUT2D eigenvalue weighted by Gasteiger charge is -2.23. The van der Waals surface area contributed by atoms with E-state index in [2.05, 4.69) is 4.98 Å². The molecule has 0 radical (unpaired) electrons. The van der Waals surface area contributed by atoms with E-state index >= 15 is 0 Å². The number of aromatic nitrogens is 2. The molecule has 4 atom stereocenters. The molecule has 110 valence electrons. The van der Waals surface area contributed by atoms with Gasteiger partial charge >= 0.3 is 5.69 Å². The quantitative estimate of drug-likeness (QED) is 0.803. The van der Waals surface area contributed by atoms with Crippen LogP contribution < -0.4 is 11.4 Å². The number of nitrogen functional groups attached to an aromatic ring is 1. The third kappa shape index (κ3) is 2.00. The molecule has 1 aromatic rings. The molecule has 2 N–H and O–H groups in total. The first kappa shape index (κ1) is 13.5. The van der Waals surface area contributed by atoms with Gasteiger partial charge in [-0.05, 0) is 20.8 Å². The summed E-state index contributed by atoms with van der Waals surface area (Å²) < 4.78 is 31.7. The zero-order chi connectivity index (χ0) is 14.7. The van der Waals surface area contributed by atoms with Gasteiger partial charge in [-0.3, -0.25) is 4.57 Å².